The summed E-state index contributed by atoms with van der Waals surface area (Å²) in [5.74, 6) is 2.09. The van der Waals surface area contributed by atoms with Crippen molar-refractivity contribution in [1.29, 1.82) is 0 Å². The highest BCUT2D eigenvalue weighted by Crippen LogP contribution is 2.57. The van der Waals surface area contributed by atoms with E-state index in [2.05, 4.69) is 30.8 Å². The summed E-state index contributed by atoms with van der Waals surface area (Å²) >= 11 is 0. The van der Waals surface area contributed by atoms with E-state index in [0.717, 1.165) is 36.5 Å². The van der Waals surface area contributed by atoms with Crippen LogP contribution in [0.1, 0.15) is 68.2 Å². The van der Waals surface area contributed by atoms with Crippen LogP contribution in [0.3, 0.4) is 0 Å². The number of halogens is 1. The standard InChI is InChI=1S/C23H26FN7O2/c24-20-14(3-4-17(20)33-22(32)28-23-8-12(9-23)10-23)15-7-18(30-29-15)27-21-25-6-5-19-26-16(11-31(19)21)13-1-2-13/h5-7,11-14,17,20H,1-4,8-10H2,(H,28,32)(H2,25,27,29,30)/t12?,14-,17-,20-,23?/m1/s1. The summed E-state index contributed by atoms with van der Waals surface area (Å²) in [4.78, 5) is 21.3. The number of hydrogen-bond donors (Lipinski definition) is 3. The summed E-state index contributed by atoms with van der Waals surface area (Å²) in [6, 6.07) is 3.68. The van der Waals surface area contributed by atoms with E-state index in [-0.39, 0.29) is 11.5 Å². The van der Waals surface area contributed by atoms with Gasteiger partial charge in [0.05, 0.1) is 5.69 Å². The first-order chi connectivity index (χ1) is 16.1. The third-order valence-corrected chi connectivity index (χ3v) is 7.80. The monoisotopic (exact) mass is 451 g/mol. The minimum atomic E-state index is -1.27. The third-order valence-electron chi connectivity index (χ3n) is 7.80. The van der Waals surface area contributed by atoms with Gasteiger partial charge in [0.2, 0.25) is 5.95 Å². The highest BCUT2D eigenvalue weighted by Gasteiger charge is 2.58. The van der Waals surface area contributed by atoms with Gasteiger partial charge in [0.25, 0.3) is 0 Å². The Labute approximate surface area is 189 Å². The molecule has 0 aromatic carbocycles. The van der Waals surface area contributed by atoms with Crippen molar-refractivity contribution in [2.24, 2.45) is 5.92 Å². The SMILES string of the molecule is O=C(NC12CC(C1)C2)O[C@@H]1CC[C@H](c2cc(Nc3nccc4nc(C5CC5)cn34)n[nH]2)[C@H]1F. The largest absolute Gasteiger partial charge is 0.443 e. The molecule has 3 atom stereocenters. The Balaban J connectivity index is 1.02. The molecule has 3 heterocycles. The Hall–Kier alpha value is -3.17. The molecule has 0 aliphatic heterocycles. The number of imidazole rings is 1. The first-order valence-electron chi connectivity index (χ1n) is 11.8. The Kier molecular flexibility index (Phi) is 4.05. The fourth-order valence-electron chi connectivity index (χ4n) is 5.70. The zero-order valence-corrected chi connectivity index (χ0v) is 18.1. The Morgan fingerprint density at radius 3 is 2.85 bits per heavy atom. The van der Waals surface area contributed by atoms with Crippen molar-refractivity contribution < 1.29 is 13.9 Å². The molecule has 5 saturated carbocycles. The van der Waals surface area contributed by atoms with E-state index in [4.69, 9.17) is 4.74 Å². The molecule has 0 saturated heterocycles. The number of hydrogen-bond acceptors (Lipinski definition) is 6. The highest BCUT2D eigenvalue weighted by atomic mass is 19.1. The number of fused-ring (bicyclic) bond motifs is 1. The van der Waals surface area contributed by atoms with Crippen LogP contribution >= 0.6 is 0 Å². The Morgan fingerprint density at radius 1 is 1.24 bits per heavy atom. The average molecular weight is 452 g/mol. The average Bonchev–Trinajstić information content (AvgIpc) is 3.16. The van der Waals surface area contributed by atoms with Crippen LogP contribution in [0.5, 0.6) is 0 Å². The van der Waals surface area contributed by atoms with Gasteiger partial charge in [0.1, 0.15) is 17.9 Å². The molecule has 172 valence electrons. The summed E-state index contributed by atoms with van der Waals surface area (Å²) in [6.07, 6.45) is 7.78. The topological polar surface area (TPSA) is 109 Å². The lowest BCUT2D eigenvalue weighted by atomic mass is 9.50. The molecule has 0 spiro atoms. The predicted octanol–water partition coefficient (Wildman–Crippen LogP) is 3.94. The van der Waals surface area contributed by atoms with Crippen LogP contribution < -0.4 is 10.6 Å². The first-order valence-corrected chi connectivity index (χ1v) is 11.8. The number of nitrogens with one attached hydrogen (secondary N) is 3. The van der Waals surface area contributed by atoms with E-state index in [1.807, 2.05) is 16.7 Å². The number of carbonyl (C=O) groups excluding carboxylic acids is 1. The number of nitrogens with zero attached hydrogens (tertiary/aromatic N) is 4. The molecule has 8 rings (SSSR count). The molecule has 1 amide bonds. The molecule has 5 fully saturated rings. The van der Waals surface area contributed by atoms with Crippen molar-refractivity contribution in [2.45, 2.75) is 74.6 Å². The summed E-state index contributed by atoms with van der Waals surface area (Å²) in [6.45, 7) is 0. The molecule has 10 heteroatoms. The molecule has 3 N–H and O–H groups in total. The number of carbonyl (C=O) groups is 1. The second kappa shape index (κ2) is 6.91. The lowest BCUT2D eigenvalue weighted by Gasteiger charge is -2.61. The fourth-order valence-corrected chi connectivity index (χ4v) is 5.70. The third kappa shape index (κ3) is 3.26. The van der Waals surface area contributed by atoms with Gasteiger partial charge in [-0.25, -0.2) is 19.2 Å². The van der Waals surface area contributed by atoms with Gasteiger partial charge in [-0.3, -0.25) is 9.50 Å². The van der Waals surface area contributed by atoms with Gasteiger partial charge in [-0.2, -0.15) is 5.10 Å². The number of aromatic amines is 1. The van der Waals surface area contributed by atoms with E-state index < -0.39 is 18.4 Å². The number of anilines is 2. The molecule has 3 aromatic heterocycles. The van der Waals surface area contributed by atoms with Gasteiger partial charge in [0, 0.05) is 41.5 Å². The summed E-state index contributed by atoms with van der Waals surface area (Å²) < 4.78 is 22.5. The van der Waals surface area contributed by atoms with Crippen molar-refractivity contribution in [1.82, 2.24) is 29.9 Å². The zero-order chi connectivity index (χ0) is 22.2. The van der Waals surface area contributed by atoms with Crippen LogP contribution in [-0.2, 0) is 4.74 Å². The van der Waals surface area contributed by atoms with Crippen molar-refractivity contribution in [3.05, 3.63) is 35.9 Å². The summed E-state index contributed by atoms with van der Waals surface area (Å²) in [5, 5.41) is 13.4. The van der Waals surface area contributed by atoms with Gasteiger partial charge >= 0.3 is 6.09 Å². The molecule has 2 bridgehead atoms. The van der Waals surface area contributed by atoms with E-state index in [1.165, 1.54) is 12.8 Å². The smallest absolute Gasteiger partial charge is 0.407 e. The molecule has 0 radical (unpaired) electrons. The zero-order valence-electron chi connectivity index (χ0n) is 18.1. The second-order valence-corrected chi connectivity index (χ2v) is 10.2. The Bertz CT molecular complexity index is 1220. The molecule has 33 heavy (non-hydrogen) atoms. The minimum Gasteiger partial charge on any atom is -0.443 e. The van der Waals surface area contributed by atoms with E-state index in [1.54, 1.807) is 12.3 Å². The summed E-state index contributed by atoms with van der Waals surface area (Å²) in [7, 11) is 0. The number of H-pyrrole nitrogens is 1. The van der Waals surface area contributed by atoms with Crippen LogP contribution in [0, 0.1) is 5.92 Å². The second-order valence-electron chi connectivity index (χ2n) is 10.2. The molecule has 9 nitrogen and oxygen atoms in total. The lowest BCUT2D eigenvalue weighted by Crippen LogP contribution is -2.68. The number of rotatable bonds is 6. The van der Waals surface area contributed by atoms with E-state index in [9.17, 15) is 4.79 Å². The van der Waals surface area contributed by atoms with Crippen molar-refractivity contribution in [2.75, 3.05) is 5.32 Å². The van der Waals surface area contributed by atoms with Gasteiger partial charge < -0.3 is 15.4 Å². The van der Waals surface area contributed by atoms with Crippen molar-refractivity contribution in [3.63, 3.8) is 0 Å². The van der Waals surface area contributed by atoms with Crippen LogP contribution in [-0.4, -0.2) is 48.5 Å². The maximum atomic E-state index is 15.2. The maximum absolute atomic E-state index is 15.2. The number of alkyl halides is 1. The van der Waals surface area contributed by atoms with Crippen molar-refractivity contribution >= 4 is 23.5 Å². The predicted molar refractivity (Wildman–Crippen MR) is 117 cm³/mol. The number of ether oxygens (including phenoxy) is 1. The van der Waals surface area contributed by atoms with Gasteiger partial charge in [-0.15, -0.1) is 0 Å². The van der Waals surface area contributed by atoms with Crippen LogP contribution in [0.25, 0.3) is 5.65 Å². The van der Waals surface area contributed by atoms with E-state index in [0.29, 0.717) is 36.2 Å². The van der Waals surface area contributed by atoms with Crippen LogP contribution in [0.15, 0.2) is 24.5 Å². The van der Waals surface area contributed by atoms with Crippen molar-refractivity contribution in [3.8, 4) is 0 Å². The highest BCUT2D eigenvalue weighted by molar-refractivity contribution is 5.69. The van der Waals surface area contributed by atoms with Gasteiger partial charge in [-0.05, 0) is 56.9 Å². The molecule has 5 aliphatic rings. The van der Waals surface area contributed by atoms with Crippen LogP contribution in [0.2, 0.25) is 0 Å². The lowest BCUT2D eigenvalue weighted by molar-refractivity contribution is -0.0532. The maximum Gasteiger partial charge on any atom is 0.407 e. The van der Waals surface area contributed by atoms with Crippen LogP contribution in [0.4, 0.5) is 21.0 Å². The first kappa shape index (κ1) is 19.3. The molecule has 5 aliphatic carbocycles. The van der Waals surface area contributed by atoms with E-state index >= 15 is 4.39 Å². The minimum absolute atomic E-state index is 0.0684. The number of aromatic nitrogens is 5. The fraction of sp³-hybridized carbons (Fsp3) is 0.565. The van der Waals surface area contributed by atoms with Gasteiger partial charge in [-0.1, -0.05) is 0 Å². The number of amides is 1. The van der Waals surface area contributed by atoms with Gasteiger partial charge in [0.15, 0.2) is 5.82 Å². The molecule has 0 unspecified atom stereocenters. The quantitative estimate of drug-likeness (QED) is 0.524. The molecule has 3 aromatic rings. The molecular formula is C23H26FN7O2. The normalized spacial score (nSPS) is 32.3. The molecular weight excluding hydrogens is 425 g/mol. The number of alkyl carbamates (subject to hydrolysis) is 1. The summed E-state index contributed by atoms with van der Waals surface area (Å²) in [5.41, 5.74) is 2.54. The Morgan fingerprint density at radius 2 is 2.09 bits per heavy atom.